The van der Waals surface area contributed by atoms with Gasteiger partial charge in [0.2, 0.25) is 0 Å². The van der Waals surface area contributed by atoms with E-state index in [1.54, 1.807) is 16.8 Å². The number of nitrogens with zero attached hydrogens (tertiary/aromatic N) is 2. The van der Waals surface area contributed by atoms with E-state index in [2.05, 4.69) is 10.3 Å². The molecule has 0 spiro atoms. The molecule has 1 aromatic carbocycles. The second-order valence-corrected chi connectivity index (χ2v) is 5.15. The van der Waals surface area contributed by atoms with Crippen molar-refractivity contribution in [3.63, 3.8) is 0 Å². The molecule has 0 fully saturated rings. The van der Waals surface area contributed by atoms with Crippen molar-refractivity contribution >= 4 is 22.9 Å². The molecule has 5 heteroatoms. The summed E-state index contributed by atoms with van der Waals surface area (Å²) < 4.78 is 0. The molecule has 19 heavy (non-hydrogen) atoms. The summed E-state index contributed by atoms with van der Waals surface area (Å²) in [5, 5.41) is 4.90. The summed E-state index contributed by atoms with van der Waals surface area (Å²) in [5.74, 6) is -0.0412. The molecule has 0 aliphatic carbocycles. The zero-order valence-electron chi connectivity index (χ0n) is 11.1. The van der Waals surface area contributed by atoms with E-state index < -0.39 is 0 Å². The van der Waals surface area contributed by atoms with Gasteiger partial charge in [-0.3, -0.25) is 4.79 Å². The molecule has 1 amide bonds. The molecule has 1 N–H and O–H groups in total. The van der Waals surface area contributed by atoms with Crippen molar-refractivity contribution in [2.75, 3.05) is 25.5 Å². The molecule has 0 saturated heterocycles. The number of thiazole rings is 1. The van der Waals surface area contributed by atoms with E-state index in [9.17, 15) is 4.79 Å². The Kier molecular flexibility index (Phi) is 4.52. The van der Waals surface area contributed by atoms with Crippen LogP contribution in [0.25, 0.3) is 0 Å². The molecule has 1 aromatic heterocycles. The number of amides is 1. The lowest BCUT2D eigenvalue weighted by Crippen LogP contribution is -2.25. The minimum Gasteiger partial charge on any atom is -0.378 e. The summed E-state index contributed by atoms with van der Waals surface area (Å²) in [7, 11) is 3.95. The third kappa shape index (κ3) is 3.79. The van der Waals surface area contributed by atoms with Gasteiger partial charge in [0.05, 0.1) is 11.2 Å². The third-order valence-corrected chi connectivity index (χ3v) is 3.43. The number of carbonyl (C=O) groups is 1. The summed E-state index contributed by atoms with van der Waals surface area (Å²) in [6.45, 7) is 0.609. The SMILES string of the molecule is CN(C)c1ccc(C(=O)NCCc2cscn2)cc1. The normalized spacial score (nSPS) is 10.2. The second-order valence-electron chi connectivity index (χ2n) is 4.43. The predicted molar refractivity (Wildman–Crippen MR) is 78.9 cm³/mol. The van der Waals surface area contributed by atoms with Gasteiger partial charge in [-0.15, -0.1) is 11.3 Å². The lowest BCUT2D eigenvalue weighted by atomic mass is 10.2. The van der Waals surface area contributed by atoms with Crippen LogP contribution in [0.15, 0.2) is 35.2 Å². The molecule has 2 aromatic rings. The van der Waals surface area contributed by atoms with E-state index in [1.165, 1.54) is 0 Å². The van der Waals surface area contributed by atoms with Gasteiger partial charge in [-0.25, -0.2) is 4.98 Å². The van der Waals surface area contributed by atoms with Gasteiger partial charge >= 0.3 is 0 Å². The van der Waals surface area contributed by atoms with Crippen LogP contribution in [-0.2, 0) is 6.42 Å². The number of nitrogens with one attached hydrogen (secondary N) is 1. The third-order valence-electron chi connectivity index (χ3n) is 2.80. The van der Waals surface area contributed by atoms with Crippen LogP contribution in [0.1, 0.15) is 16.1 Å². The number of aromatic nitrogens is 1. The van der Waals surface area contributed by atoms with Crippen LogP contribution in [0.2, 0.25) is 0 Å². The smallest absolute Gasteiger partial charge is 0.251 e. The fourth-order valence-corrected chi connectivity index (χ4v) is 2.27. The Morgan fingerprint density at radius 3 is 2.63 bits per heavy atom. The highest BCUT2D eigenvalue weighted by atomic mass is 32.1. The number of hydrogen-bond acceptors (Lipinski definition) is 4. The molecule has 100 valence electrons. The van der Waals surface area contributed by atoms with Crippen LogP contribution in [0, 0.1) is 0 Å². The molecule has 0 bridgehead atoms. The number of rotatable bonds is 5. The Morgan fingerprint density at radius 1 is 1.32 bits per heavy atom. The lowest BCUT2D eigenvalue weighted by Gasteiger charge is -2.12. The zero-order valence-corrected chi connectivity index (χ0v) is 11.9. The average Bonchev–Trinajstić information content (AvgIpc) is 2.92. The second kappa shape index (κ2) is 6.33. The van der Waals surface area contributed by atoms with Crippen molar-refractivity contribution in [2.24, 2.45) is 0 Å². The van der Waals surface area contributed by atoms with Crippen LogP contribution in [-0.4, -0.2) is 31.5 Å². The molecule has 0 saturated carbocycles. The van der Waals surface area contributed by atoms with Gasteiger partial charge in [-0.05, 0) is 24.3 Å². The largest absolute Gasteiger partial charge is 0.378 e. The molecule has 4 nitrogen and oxygen atoms in total. The Hall–Kier alpha value is -1.88. The topological polar surface area (TPSA) is 45.2 Å². The Labute approximate surface area is 117 Å². The number of carbonyl (C=O) groups excluding carboxylic acids is 1. The van der Waals surface area contributed by atoms with Gasteiger partial charge in [-0.1, -0.05) is 0 Å². The maximum absolute atomic E-state index is 11.9. The summed E-state index contributed by atoms with van der Waals surface area (Å²) >= 11 is 1.57. The van der Waals surface area contributed by atoms with Crippen molar-refractivity contribution < 1.29 is 4.79 Å². The molecular formula is C14H17N3OS. The fourth-order valence-electron chi connectivity index (χ4n) is 1.68. The minimum atomic E-state index is -0.0412. The van der Waals surface area contributed by atoms with Crippen molar-refractivity contribution in [2.45, 2.75) is 6.42 Å². The van der Waals surface area contributed by atoms with Gasteiger partial charge in [0.15, 0.2) is 0 Å². The van der Waals surface area contributed by atoms with E-state index in [1.807, 2.05) is 48.6 Å². The number of benzene rings is 1. The van der Waals surface area contributed by atoms with E-state index in [0.717, 1.165) is 17.8 Å². The van der Waals surface area contributed by atoms with E-state index in [4.69, 9.17) is 0 Å². The van der Waals surface area contributed by atoms with Crippen molar-refractivity contribution in [3.8, 4) is 0 Å². The molecule has 2 rings (SSSR count). The van der Waals surface area contributed by atoms with Crippen LogP contribution >= 0.6 is 11.3 Å². The maximum atomic E-state index is 11.9. The first-order valence-corrected chi connectivity index (χ1v) is 7.04. The van der Waals surface area contributed by atoms with E-state index in [0.29, 0.717) is 12.1 Å². The molecule has 1 heterocycles. The maximum Gasteiger partial charge on any atom is 0.251 e. The van der Waals surface area contributed by atoms with Crippen LogP contribution in [0.5, 0.6) is 0 Å². The fraction of sp³-hybridized carbons (Fsp3) is 0.286. The van der Waals surface area contributed by atoms with Gasteiger partial charge in [0.25, 0.3) is 5.91 Å². The first kappa shape index (κ1) is 13.5. The Balaban J connectivity index is 1.85. The van der Waals surface area contributed by atoms with Crippen LogP contribution in [0.3, 0.4) is 0 Å². The zero-order chi connectivity index (χ0) is 13.7. The molecule has 0 unspecified atom stereocenters. The van der Waals surface area contributed by atoms with Crippen molar-refractivity contribution in [3.05, 3.63) is 46.4 Å². The first-order valence-electron chi connectivity index (χ1n) is 6.09. The quantitative estimate of drug-likeness (QED) is 0.909. The van der Waals surface area contributed by atoms with Gasteiger partial charge in [0, 0.05) is 43.7 Å². The highest BCUT2D eigenvalue weighted by Gasteiger charge is 2.05. The summed E-state index contributed by atoms with van der Waals surface area (Å²) in [6, 6.07) is 7.56. The summed E-state index contributed by atoms with van der Waals surface area (Å²) in [5.41, 5.74) is 4.59. The van der Waals surface area contributed by atoms with Gasteiger partial charge in [-0.2, -0.15) is 0 Å². The highest BCUT2D eigenvalue weighted by molar-refractivity contribution is 7.07. The van der Waals surface area contributed by atoms with Crippen LogP contribution in [0.4, 0.5) is 5.69 Å². The Morgan fingerprint density at radius 2 is 2.05 bits per heavy atom. The molecule has 0 radical (unpaired) electrons. The predicted octanol–water partition coefficient (Wildman–Crippen LogP) is 2.18. The molecule has 0 atom stereocenters. The Bertz CT molecular complexity index is 520. The van der Waals surface area contributed by atoms with Crippen LogP contribution < -0.4 is 10.2 Å². The van der Waals surface area contributed by atoms with Crippen molar-refractivity contribution in [1.29, 1.82) is 0 Å². The lowest BCUT2D eigenvalue weighted by molar-refractivity contribution is 0.0954. The van der Waals surface area contributed by atoms with E-state index >= 15 is 0 Å². The average molecular weight is 275 g/mol. The number of anilines is 1. The standard InChI is InChI=1S/C14H17N3OS/c1-17(2)13-5-3-11(4-6-13)14(18)15-8-7-12-9-19-10-16-12/h3-6,9-10H,7-8H2,1-2H3,(H,15,18). The summed E-state index contributed by atoms with van der Waals surface area (Å²) in [4.78, 5) is 18.1. The monoisotopic (exact) mass is 275 g/mol. The van der Waals surface area contributed by atoms with Gasteiger partial charge < -0.3 is 10.2 Å². The van der Waals surface area contributed by atoms with E-state index in [-0.39, 0.29) is 5.91 Å². The number of hydrogen-bond donors (Lipinski definition) is 1. The first-order chi connectivity index (χ1) is 9.16. The molecular weight excluding hydrogens is 258 g/mol. The highest BCUT2D eigenvalue weighted by Crippen LogP contribution is 2.12. The van der Waals surface area contributed by atoms with Gasteiger partial charge in [0.1, 0.15) is 0 Å². The molecule has 0 aliphatic rings. The minimum absolute atomic E-state index is 0.0412. The summed E-state index contributed by atoms with van der Waals surface area (Å²) in [6.07, 6.45) is 0.769. The molecule has 0 aliphatic heterocycles. The van der Waals surface area contributed by atoms with Crippen molar-refractivity contribution in [1.82, 2.24) is 10.3 Å².